The molecule has 1 amide bonds. The Morgan fingerprint density at radius 2 is 0.907 bits per heavy atom. The first-order chi connectivity index (χ1) is 26.0. The Morgan fingerprint density at radius 1 is 0.574 bits per heavy atom. The lowest BCUT2D eigenvalue weighted by molar-refractivity contribution is -0.870. The van der Waals surface area contributed by atoms with Gasteiger partial charge in [-0.25, -0.2) is 0 Å². The van der Waals surface area contributed by atoms with Crippen molar-refractivity contribution in [3.05, 3.63) is 0 Å². The topological polar surface area (TPSA) is 108 Å². The Morgan fingerprint density at radius 3 is 1.26 bits per heavy atom. The summed E-state index contributed by atoms with van der Waals surface area (Å²) >= 11 is 0. The first-order valence-electron chi connectivity index (χ1n) is 23.4. The van der Waals surface area contributed by atoms with E-state index in [1.54, 1.807) is 0 Å². The van der Waals surface area contributed by atoms with Gasteiger partial charge in [-0.2, -0.15) is 0 Å². The van der Waals surface area contributed by atoms with Gasteiger partial charge in [-0.05, 0) is 12.8 Å². The van der Waals surface area contributed by atoms with E-state index in [-0.39, 0.29) is 19.1 Å². The van der Waals surface area contributed by atoms with Crippen molar-refractivity contribution in [3.8, 4) is 0 Å². The van der Waals surface area contributed by atoms with Crippen LogP contribution in [-0.2, 0) is 18.4 Å². The average Bonchev–Trinajstić information content (AvgIpc) is 3.12. The predicted molar refractivity (Wildman–Crippen MR) is 229 cm³/mol. The van der Waals surface area contributed by atoms with Crippen molar-refractivity contribution in [2.24, 2.45) is 0 Å². The van der Waals surface area contributed by atoms with Gasteiger partial charge in [-0.3, -0.25) is 9.36 Å². The van der Waals surface area contributed by atoms with Crippen molar-refractivity contribution in [2.45, 2.75) is 244 Å². The molecule has 9 heteroatoms. The van der Waals surface area contributed by atoms with E-state index in [0.717, 1.165) is 38.5 Å². The second kappa shape index (κ2) is 38.0. The highest BCUT2D eigenvalue weighted by molar-refractivity contribution is 7.45. The van der Waals surface area contributed by atoms with Crippen molar-refractivity contribution < 1.29 is 32.9 Å². The number of unbranched alkanes of at least 4 members (excludes halogenated alkanes) is 30. The zero-order chi connectivity index (χ0) is 40.0. The lowest BCUT2D eigenvalue weighted by Gasteiger charge is -2.30. The molecule has 0 aromatic heterocycles. The Balaban J connectivity index is 4.09. The molecule has 324 valence electrons. The van der Waals surface area contributed by atoms with Gasteiger partial charge < -0.3 is 28.8 Å². The van der Waals surface area contributed by atoms with Crippen molar-refractivity contribution in [1.29, 1.82) is 0 Å². The predicted octanol–water partition coefficient (Wildman–Crippen LogP) is 12.3. The second-order valence-electron chi connectivity index (χ2n) is 17.5. The quantitative estimate of drug-likeness (QED) is 0.0362. The van der Waals surface area contributed by atoms with Gasteiger partial charge in [-0.1, -0.05) is 213 Å². The number of amides is 1. The Hall–Kier alpha value is -0.500. The van der Waals surface area contributed by atoms with Crippen LogP contribution in [0.3, 0.4) is 0 Å². The molecule has 0 aliphatic heterocycles. The summed E-state index contributed by atoms with van der Waals surface area (Å²) in [5.41, 5.74) is 0. The number of likely N-dealkylation sites (N-methyl/N-ethyl adjacent to an activating group) is 1. The summed E-state index contributed by atoms with van der Waals surface area (Å²) in [6.45, 7) is 4.72. The molecule has 0 rings (SSSR count). The fourth-order valence-electron chi connectivity index (χ4n) is 7.10. The van der Waals surface area contributed by atoms with Crippen LogP contribution in [0.5, 0.6) is 0 Å². The zero-order valence-corrected chi connectivity index (χ0v) is 37.6. The van der Waals surface area contributed by atoms with Gasteiger partial charge in [-0.15, -0.1) is 0 Å². The fourth-order valence-corrected chi connectivity index (χ4v) is 7.82. The molecule has 0 fully saturated rings. The summed E-state index contributed by atoms with van der Waals surface area (Å²) in [4.78, 5) is 25.3. The van der Waals surface area contributed by atoms with Gasteiger partial charge in [0.25, 0.3) is 7.82 Å². The lowest BCUT2D eigenvalue weighted by atomic mass is 10.0. The van der Waals surface area contributed by atoms with Crippen LogP contribution < -0.4 is 10.2 Å². The van der Waals surface area contributed by atoms with Gasteiger partial charge in [0.05, 0.1) is 39.9 Å². The van der Waals surface area contributed by atoms with Crippen LogP contribution in [0.2, 0.25) is 0 Å². The fraction of sp³-hybridized carbons (Fsp3) is 0.978. The molecular weight excluding hydrogens is 695 g/mol. The molecule has 54 heavy (non-hydrogen) atoms. The molecule has 0 spiro atoms. The van der Waals surface area contributed by atoms with Crippen LogP contribution >= 0.6 is 7.82 Å². The highest BCUT2D eigenvalue weighted by Gasteiger charge is 2.24. The number of phosphoric acid groups is 1. The normalized spacial score (nSPS) is 14.3. The molecule has 3 atom stereocenters. The van der Waals surface area contributed by atoms with Crippen molar-refractivity contribution in [1.82, 2.24) is 5.32 Å². The number of carbonyl (C=O) groups excluding carboxylic acids is 1. The molecular formula is C45H93N2O6P. The molecule has 0 saturated heterocycles. The molecule has 0 radical (unpaired) electrons. The van der Waals surface area contributed by atoms with E-state index in [9.17, 15) is 19.4 Å². The third-order valence-corrected chi connectivity index (χ3v) is 11.8. The van der Waals surface area contributed by atoms with Crippen molar-refractivity contribution >= 4 is 13.7 Å². The van der Waals surface area contributed by atoms with Crippen LogP contribution in [0.1, 0.15) is 232 Å². The Bertz CT molecular complexity index is 855. The maximum atomic E-state index is 12.8. The average molecular weight is 789 g/mol. The van der Waals surface area contributed by atoms with E-state index < -0.39 is 20.0 Å². The minimum Gasteiger partial charge on any atom is -0.756 e. The number of nitrogens with one attached hydrogen (secondary N) is 1. The van der Waals surface area contributed by atoms with Gasteiger partial charge in [0.1, 0.15) is 13.2 Å². The number of nitrogens with zero attached hydrogens (tertiary/aromatic N) is 1. The number of phosphoric ester groups is 1. The van der Waals surface area contributed by atoms with Crippen molar-refractivity contribution in [3.63, 3.8) is 0 Å². The third-order valence-electron chi connectivity index (χ3n) is 10.8. The number of aliphatic hydroxyl groups excluding tert-OH is 1. The summed E-state index contributed by atoms with van der Waals surface area (Å²) in [6.07, 6.45) is 41.2. The van der Waals surface area contributed by atoms with Crippen LogP contribution in [-0.4, -0.2) is 68.5 Å². The summed E-state index contributed by atoms with van der Waals surface area (Å²) < 4.78 is 23.2. The number of rotatable bonds is 43. The molecule has 0 bridgehead atoms. The molecule has 0 aliphatic rings. The zero-order valence-electron chi connectivity index (χ0n) is 36.7. The smallest absolute Gasteiger partial charge is 0.268 e. The number of hydrogen-bond acceptors (Lipinski definition) is 6. The SMILES string of the molecule is CCCCCCCCCCCCCCCCCCCCCCCCCC(=O)NC(COP(=O)([O-])OCC[N+](C)(C)C)C(O)CCCCCCCCCCC. The van der Waals surface area contributed by atoms with E-state index in [4.69, 9.17) is 9.05 Å². The summed E-state index contributed by atoms with van der Waals surface area (Å²) in [5, 5.41) is 13.8. The molecule has 0 aliphatic carbocycles. The highest BCUT2D eigenvalue weighted by atomic mass is 31.2. The van der Waals surface area contributed by atoms with E-state index in [1.165, 1.54) is 167 Å². The first kappa shape index (κ1) is 53.5. The number of carbonyl (C=O) groups is 1. The number of hydrogen-bond donors (Lipinski definition) is 2. The monoisotopic (exact) mass is 789 g/mol. The van der Waals surface area contributed by atoms with E-state index in [1.807, 2.05) is 21.1 Å². The number of aliphatic hydroxyl groups is 1. The van der Waals surface area contributed by atoms with Gasteiger partial charge in [0.15, 0.2) is 0 Å². The lowest BCUT2D eigenvalue weighted by Crippen LogP contribution is -2.46. The van der Waals surface area contributed by atoms with E-state index >= 15 is 0 Å². The standard InChI is InChI=1S/C45H93N2O6P/c1-6-8-10-12-14-16-17-18-19-20-21-22-23-24-25-26-27-28-29-31-33-35-37-39-45(49)46-43(42-53-54(50,51)52-41-40-47(3,4)5)44(48)38-36-34-32-30-15-13-11-9-7-2/h43-44,48H,6-42H2,1-5H3,(H-,46,49,50,51). The Kier molecular flexibility index (Phi) is 37.7. The van der Waals surface area contributed by atoms with Crippen LogP contribution in [0.15, 0.2) is 0 Å². The minimum atomic E-state index is -4.55. The molecule has 0 aromatic rings. The minimum absolute atomic E-state index is 0.0157. The first-order valence-corrected chi connectivity index (χ1v) is 24.8. The molecule has 2 N–H and O–H groups in total. The molecule has 8 nitrogen and oxygen atoms in total. The van der Waals surface area contributed by atoms with Crippen molar-refractivity contribution in [2.75, 3.05) is 40.9 Å². The maximum absolute atomic E-state index is 12.8. The maximum Gasteiger partial charge on any atom is 0.268 e. The van der Waals surface area contributed by atoms with Crippen LogP contribution in [0.4, 0.5) is 0 Å². The largest absolute Gasteiger partial charge is 0.756 e. The summed E-state index contributed by atoms with van der Waals surface area (Å²) in [7, 11) is 1.32. The third kappa shape index (κ3) is 39.7. The molecule has 0 heterocycles. The molecule has 3 unspecified atom stereocenters. The summed E-state index contributed by atoms with van der Waals surface area (Å²) in [6, 6.07) is -0.791. The van der Waals surface area contributed by atoms with E-state index in [0.29, 0.717) is 23.9 Å². The molecule has 0 aromatic carbocycles. The van der Waals surface area contributed by atoms with Gasteiger partial charge in [0.2, 0.25) is 5.91 Å². The second-order valence-corrected chi connectivity index (χ2v) is 18.9. The van der Waals surface area contributed by atoms with Crippen LogP contribution in [0.25, 0.3) is 0 Å². The molecule has 0 saturated carbocycles. The van der Waals surface area contributed by atoms with Gasteiger partial charge >= 0.3 is 0 Å². The Labute approximate surface area is 336 Å². The van der Waals surface area contributed by atoms with Gasteiger partial charge in [0, 0.05) is 6.42 Å². The van der Waals surface area contributed by atoms with E-state index in [2.05, 4.69) is 19.2 Å². The highest BCUT2D eigenvalue weighted by Crippen LogP contribution is 2.38. The number of quaternary nitrogens is 1. The van der Waals surface area contributed by atoms with Crippen LogP contribution in [0, 0.1) is 0 Å². The summed E-state index contributed by atoms with van der Waals surface area (Å²) in [5.74, 6) is -0.162.